The summed E-state index contributed by atoms with van der Waals surface area (Å²) in [7, 11) is 1.79. The molecular formula is C18H16N4O3S2. The molecular weight excluding hydrogens is 384 g/mol. The van der Waals surface area contributed by atoms with Crippen LogP contribution in [-0.4, -0.2) is 51.2 Å². The summed E-state index contributed by atoms with van der Waals surface area (Å²) in [6, 6.07) is 11.0. The molecule has 9 heteroatoms. The number of carbonyl (C=O) groups excluding carboxylic acids is 3. The molecule has 0 aliphatic carbocycles. The molecule has 1 aliphatic rings. The highest BCUT2D eigenvalue weighted by molar-refractivity contribution is 7.18. The number of hydrogen-bond donors (Lipinski definition) is 0. The fourth-order valence-corrected chi connectivity index (χ4v) is 4.62. The van der Waals surface area contributed by atoms with Gasteiger partial charge in [0.15, 0.2) is 0 Å². The number of rotatable bonds is 6. The van der Waals surface area contributed by atoms with Crippen molar-refractivity contribution in [2.75, 3.05) is 13.7 Å². The second kappa shape index (κ2) is 7.18. The largest absolute Gasteiger partial charge is 0.335 e. The van der Waals surface area contributed by atoms with E-state index in [4.69, 9.17) is 0 Å². The van der Waals surface area contributed by atoms with Gasteiger partial charge >= 0.3 is 17.8 Å². The summed E-state index contributed by atoms with van der Waals surface area (Å²) in [5.41, 5.74) is 0.927. The van der Waals surface area contributed by atoms with Gasteiger partial charge in [-0.2, -0.15) is 0 Å². The summed E-state index contributed by atoms with van der Waals surface area (Å²) in [5, 5.41) is 2.76. The van der Waals surface area contributed by atoms with Gasteiger partial charge in [-0.1, -0.05) is 18.2 Å². The molecule has 1 fully saturated rings. The van der Waals surface area contributed by atoms with Crippen molar-refractivity contribution in [3.05, 3.63) is 51.7 Å². The molecule has 7 nitrogen and oxygen atoms in total. The lowest BCUT2D eigenvalue weighted by Gasteiger charge is -2.21. The van der Waals surface area contributed by atoms with Crippen LogP contribution in [0.1, 0.15) is 9.88 Å². The van der Waals surface area contributed by atoms with Crippen LogP contribution in [0.25, 0.3) is 10.2 Å². The van der Waals surface area contributed by atoms with Crippen molar-refractivity contribution in [1.82, 2.24) is 19.7 Å². The van der Waals surface area contributed by atoms with Crippen LogP contribution in [0.3, 0.4) is 0 Å². The topological polar surface area (TPSA) is 73.8 Å². The third-order valence-corrected chi connectivity index (χ3v) is 6.04. The van der Waals surface area contributed by atoms with Crippen molar-refractivity contribution in [2.45, 2.75) is 13.1 Å². The highest BCUT2D eigenvalue weighted by atomic mass is 32.1. The van der Waals surface area contributed by atoms with Crippen molar-refractivity contribution in [3.63, 3.8) is 0 Å². The number of amides is 4. The number of thiazole rings is 1. The van der Waals surface area contributed by atoms with E-state index in [9.17, 15) is 14.4 Å². The van der Waals surface area contributed by atoms with Gasteiger partial charge in [0.05, 0.1) is 30.0 Å². The molecule has 1 aliphatic heterocycles. The Morgan fingerprint density at radius 3 is 2.56 bits per heavy atom. The van der Waals surface area contributed by atoms with Crippen molar-refractivity contribution >= 4 is 50.7 Å². The highest BCUT2D eigenvalue weighted by Gasteiger charge is 2.44. The van der Waals surface area contributed by atoms with Gasteiger partial charge < -0.3 is 0 Å². The molecule has 0 bridgehead atoms. The zero-order chi connectivity index (χ0) is 19.0. The number of benzene rings is 1. The van der Waals surface area contributed by atoms with Crippen LogP contribution < -0.4 is 0 Å². The Morgan fingerprint density at radius 1 is 1.04 bits per heavy atom. The van der Waals surface area contributed by atoms with Crippen LogP contribution in [0.5, 0.6) is 0 Å². The molecule has 3 heterocycles. The third kappa shape index (κ3) is 3.48. The van der Waals surface area contributed by atoms with E-state index >= 15 is 0 Å². The van der Waals surface area contributed by atoms with E-state index in [0.717, 1.165) is 29.9 Å². The van der Waals surface area contributed by atoms with Gasteiger partial charge in [-0.3, -0.25) is 19.4 Å². The minimum Gasteiger partial charge on any atom is -0.282 e. The molecule has 0 unspecified atom stereocenters. The number of urea groups is 1. The number of imide groups is 2. The Morgan fingerprint density at radius 2 is 1.81 bits per heavy atom. The Balaban J connectivity index is 1.44. The van der Waals surface area contributed by atoms with Gasteiger partial charge in [-0.05, 0) is 30.6 Å². The first-order valence-electron chi connectivity index (χ1n) is 8.25. The minimum atomic E-state index is -0.785. The fraction of sp³-hybridized carbons (Fsp3) is 0.222. The van der Waals surface area contributed by atoms with E-state index in [0.29, 0.717) is 6.54 Å². The molecule has 0 saturated carbocycles. The number of carbonyl (C=O) groups is 3. The number of fused-ring (bicyclic) bond motifs is 1. The van der Waals surface area contributed by atoms with Gasteiger partial charge in [0.2, 0.25) is 0 Å². The molecule has 0 atom stereocenters. The average Bonchev–Trinajstić information content (AvgIpc) is 3.34. The molecule has 0 radical (unpaired) electrons. The SMILES string of the molecule is CN(Cc1nc2ccccc2s1)CN1C(=O)C(=O)N(Cc2cccs2)C1=O. The van der Waals surface area contributed by atoms with Crippen LogP contribution in [0.15, 0.2) is 41.8 Å². The standard InChI is InChI=1S/C18H16N4O3S2/c1-20(10-15-19-13-6-2-3-7-14(13)27-15)11-22-17(24)16(23)21(18(22)25)9-12-5-4-8-26-12/h2-8H,9-11H2,1H3. The van der Waals surface area contributed by atoms with E-state index < -0.39 is 17.8 Å². The molecule has 27 heavy (non-hydrogen) atoms. The van der Waals surface area contributed by atoms with E-state index in [-0.39, 0.29) is 13.2 Å². The first-order valence-corrected chi connectivity index (χ1v) is 9.95. The van der Waals surface area contributed by atoms with Gasteiger partial charge in [0.1, 0.15) is 5.01 Å². The summed E-state index contributed by atoms with van der Waals surface area (Å²) in [5.74, 6) is -1.56. The summed E-state index contributed by atoms with van der Waals surface area (Å²) in [6.45, 7) is 0.648. The number of para-hydroxylation sites is 1. The molecule has 4 amide bonds. The Bertz CT molecular complexity index is 982. The zero-order valence-electron chi connectivity index (χ0n) is 14.5. The van der Waals surface area contributed by atoms with Gasteiger partial charge in [0.25, 0.3) is 0 Å². The minimum absolute atomic E-state index is 0.0419. The van der Waals surface area contributed by atoms with Crippen LogP contribution in [0, 0.1) is 0 Å². The Kier molecular flexibility index (Phi) is 4.73. The van der Waals surface area contributed by atoms with Crippen molar-refractivity contribution in [1.29, 1.82) is 0 Å². The lowest BCUT2D eigenvalue weighted by Crippen LogP contribution is -2.40. The molecule has 0 spiro atoms. The lowest BCUT2D eigenvalue weighted by atomic mass is 10.3. The molecule has 1 saturated heterocycles. The molecule has 3 aromatic rings. The maximum Gasteiger partial charge on any atom is 0.335 e. The van der Waals surface area contributed by atoms with E-state index in [1.165, 1.54) is 11.3 Å². The maximum absolute atomic E-state index is 12.6. The Labute approximate surface area is 163 Å². The number of hydrogen-bond acceptors (Lipinski definition) is 7. The normalized spacial score (nSPS) is 15.0. The van der Waals surface area contributed by atoms with Crippen LogP contribution in [0.2, 0.25) is 0 Å². The third-order valence-electron chi connectivity index (χ3n) is 4.16. The lowest BCUT2D eigenvalue weighted by molar-refractivity contribution is -0.144. The van der Waals surface area contributed by atoms with E-state index in [2.05, 4.69) is 4.98 Å². The number of thiophene rings is 1. The zero-order valence-corrected chi connectivity index (χ0v) is 16.1. The first kappa shape index (κ1) is 17.8. The van der Waals surface area contributed by atoms with Crippen LogP contribution in [-0.2, 0) is 22.7 Å². The smallest absolute Gasteiger partial charge is 0.282 e. The summed E-state index contributed by atoms with van der Waals surface area (Å²) in [6.07, 6.45) is 0. The maximum atomic E-state index is 12.6. The summed E-state index contributed by atoms with van der Waals surface area (Å²) in [4.78, 5) is 46.2. The van der Waals surface area contributed by atoms with Crippen molar-refractivity contribution in [3.8, 4) is 0 Å². The molecule has 1 aromatic carbocycles. The second-order valence-corrected chi connectivity index (χ2v) is 8.36. The predicted molar refractivity (Wildman–Crippen MR) is 103 cm³/mol. The second-order valence-electron chi connectivity index (χ2n) is 6.22. The monoisotopic (exact) mass is 400 g/mol. The van der Waals surface area contributed by atoms with Crippen molar-refractivity contribution in [2.24, 2.45) is 0 Å². The van der Waals surface area contributed by atoms with Crippen molar-refractivity contribution < 1.29 is 14.4 Å². The number of nitrogens with zero attached hydrogens (tertiary/aromatic N) is 4. The summed E-state index contributed by atoms with van der Waals surface area (Å²) < 4.78 is 1.09. The fourth-order valence-electron chi connectivity index (χ4n) is 2.88. The van der Waals surface area contributed by atoms with Crippen LogP contribution in [0.4, 0.5) is 4.79 Å². The summed E-state index contributed by atoms with van der Waals surface area (Å²) >= 11 is 3.01. The molecule has 4 rings (SSSR count). The molecule has 138 valence electrons. The average molecular weight is 400 g/mol. The van der Waals surface area contributed by atoms with E-state index in [1.54, 1.807) is 23.3 Å². The van der Waals surface area contributed by atoms with Gasteiger partial charge in [-0.25, -0.2) is 14.7 Å². The predicted octanol–water partition coefficient (Wildman–Crippen LogP) is 2.74. The first-order chi connectivity index (χ1) is 13.0. The quantitative estimate of drug-likeness (QED) is 0.470. The highest BCUT2D eigenvalue weighted by Crippen LogP contribution is 2.23. The number of aromatic nitrogens is 1. The molecule has 0 N–H and O–H groups in total. The van der Waals surface area contributed by atoms with Gasteiger partial charge in [0, 0.05) is 4.88 Å². The van der Waals surface area contributed by atoms with Gasteiger partial charge in [-0.15, -0.1) is 22.7 Å². The van der Waals surface area contributed by atoms with Crippen LogP contribution >= 0.6 is 22.7 Å². The van der Waals surface area contributed by atoms with E-state index in [1.807, 2.05) is 41.8 Å². The Hall–Kier alpha value is -2.62. The molecule has 2 aromatic heterocycles.